The minimum absolute atomic E-state index is 0.223. The number of ether oxygens (including phenoxy) is 1. The molecule has 0 radical (unpaired) electrons. The van der Waals surface area contributed by atoms with Crippen LogP contribution in [0, 0.1) is 6.92 Å². The van der Waals surface area contributed by atoms with Crippen molar-refractivity contribution in [3.63, 3.8) is 0 Å². The summed E-state index contributed by atoms with van der Waals surface area (Å²) in [6.07, 6.45) is 0. The largest absolute Gasteiger partial charge is 0.497 e. The Morgan fingerprint density at radius 1 is 0.963 bits per heavy atom. The average Bonchev–Trinajstić information content (AvgIpc) is 2.87. The molecule has 0 unspecified atom stereocenters. The third-order valence-corrected chi connectivity index (χ3v) is 4.02. The molecule has 1 aliphatic rings. The number of carbonyl (C=O) groups excluding carboxylic acids is 4. The summed E-state index contributed by atoms with van der Waals surface area (Å²) in [5, 5.41) is 2.59. The van der Waals surface area contributed by atoms with Crippen LogP contribution in [0.4, 0.5) is 16.2 Å². The molecule has 1 N–H and O–H groups in total. The van der Waals surface area contributed by atoms with Crippen LogP contribution in [-0.2, 0) is 14.4 Å². The molecular weight excluding hydrogens is 350 g/mol. The van der Waals surface area contributed by atoms with E-state index in [4.69, 9.17) is 4.74 Å². The number of methoxy groups -OCH3 is 1. The van der Waals surface area contributed by atoms with Crippen LogP contribution < -0.4 is 15.0 Å². The molecule has 0 atom stereocenters. The van der Waals surface area contributed by atoms with E-state index in [-0.39, 0.29) is 5.69 Å². The lowest BCUT2D eigenvalue weighted by atomic mass is 10.2. The van der Waals surface area contributed by atoms with Crippen LogP contribution in [0.5, 0.6) is 5.75 Å². The fourth-order valence-electron chi connectivity index (χ4n) is 2.58. The van der Waals surface area contributed by atoms with E-state index in [0.717, 1.165) is 10.5 Å². The number of anilines is 2. The van der Waals surface area contributed by atoms with Gasteiger partial charge in [-0.25, -0.2) is 14.6 Å². The number of carbonyl (C=O) groups is 4. The first-order valence-corrected chi connectivity index (χ1v) is 8.11. The fourth-order valence-corrected chi connectivity index (χ4v) is 2.58. The maximum atomic E-state index is 12.5. The third kappa shape index (κ3) is 3.64. The molecule has 1 aliphatic heterocycles. The average molecular weight is 367 g/mol. The molecule has 1 saturated heterocycles. The zero-order valence-electron chi connectivity index (χ0n) is 14.8. The van der Waals surface area contributed by atoms with Crippen molar-refractivity contribution in [1.29, 1.82) is 0 Å². The number of aryl methyl sites for hydroxylation is 1. The van der Waals surface area contributed by atoms with Gasteiger partial charge in [0.1, 0.15) is 12.3 Å². The lowest BCUT2D eigenvalue weighted by molar-refractivity contribution is -0.140. The number of nitrogens with zero attached hydrogens (tertiary/aromatic N) is 2. The number of benzene rings is 2. The molecule has 1 fully saturated rings. The Morgan fingerprint density at radius 2 is 1.59 bits per heavy atom. The first-order chi connectivity index (χ1) is 12.9. The Balaban J connectivity index is 1.73. The van der Waals surface area contributed by atoms with Gasteiger partial charge in [-0.15, -0.1) is 0 Å². The Morgan fingerprint density at radius 3 is 2.19 bits per heavy atom. The number of urea groups is 1. The predicted octanol–water partition coefficient (Wildman–Crippen LogP) is 1.94. The molecule has 8 nitrogen and oxygen atoms in total. The van der Waals surface area contributed by atoms with E-state index in [9.17, 15) is 19.2 Å². The standard InChI is InChI=1S/C19H17N3O5/c1-12-3-5-13(6-4-12)20-16(23)11-21-17(24)18(25)22(19(21)26)14-7-9-15(27-2)10-8-14/h3-10H,11H2,1-2H3,(H,20,23). The molecule has 2 aromatic rings. The number of rotatable bonds is 5. The Hall–Kier alpha value is -3.68. The van der Waals surface area contributed by atoms with Gasteiger partial charge in [-0.1, -0.05) is 17.7 Å². The molecule has 0 aromatic heterocycles. The topological polar surface area (TPSA) is 96.0 Å². The highest BCUT2D eigenvalue weighted by molar-refractivity contribution is 6.53. The second-order valence-electron chi connectivity index (χ2n) is 5.93. The fraction of sp³-hybridized carbons (Fsp3) is 0.158. The Labute approximate surface area is 155 Å². The van der Waals surface area contributed by atoms with E-state index >= 15 is 0 Å². The SMILES string of the molecule is COc1ccc(N2C(=O)C(=O)N(CC(=O)Nc3ccc(C)cc3)C2=O)cc1. The van der Waals surface area contributed by atoms with E-state index in [2.05, 4.69) is 5.32 Å². The predicted molar refractivity (Wildman–Crippen MR) is 97.4 cm³/mol. The van der Waals surface area contributed by atoms with Crippen LogP contribution in [0.1, 0.15) is 5.56 Å². The zero-order chi connectivity index (χ0) is 19.6. The van der Waals surface area contributed by atoms with Crippen LogP contribution in [-0.4, -0.2) is 42.3 Å². The Bertz CT molecular complexity index is 906. The highest BCUT2D eigenvalue weighted by Gasteiger charge is 2.46. The summed E-state index contributed by atoms with van der Waals surface area (Å²) in [7, 11) is 1.49. The first-order valence-electron chi connectivity index (χ1n) is 8.11. The summed E-state index contributed by atoms with van der Waals surface area (Å²) in [5.41, 5.74) is 1.78. The summed E-state index contributed by atoms with van der Waals surface area (Å²) < 4.78 is 5.03. The number of nitrogens with one attached hydrogen (secondary N) is 1. The summed E-state index contributed by atoms with van der Waals surface area (Å²) in [5.74, 6) is -2.09. The molecule has 0 bridgehead atoms. The molecule has 138 valence electrons. The summed E-state index contributed by atoms with van der Waals surface area (Å²) >= 11 is 0. The molecule has 5 amide bonds. The summed E-state index contributed by atoms with van der Waals surface area (Å²) in [6, 6.07) is 12.3. The number of imide groups is 2. The minimum atomic E-state index is -1.05. The summed E-state index contributed by atoms with van der Waals surface area (Å²) in [4.78, 5) is 50.4. The van der Waals surface area contributed by atoms with Crippen molar-refractivity contribution in [3.8, 4) is 5.75 Å². The molecule has 0 aliphatic carbocycles. The number of hydrogen-bond donors (Lipinski definition) is 1. The minimum Gasteiger partial charge on any atom is -0.497 e. The third-order valence-electron chi connectivity index (χ3n) is 4.02. The molecule has 0 saturated carbocycles. The highest BCUT2D eigenvalue weighted by Crippen LogP contribution is 2.24. The molecule has 0 spiro atoms. The van der Waals surface area contributed by atoms with Crippen LogP contribution in [0.3, 0.4) is 0 Å². The molecule has 2 aromatic carbocycles. The molecule has 3 rings (SSSR count). The van der Waals surface area contributed by atoms with Gasteiger partial charge >= 0.3 is 17.8 Å². The van der Waals surface area contributed by atoms with Gasteiger partial charge in [0, 0.05) is 5.69 Å². The zero-order valence-corrected chi connectivity index (χ0v) is 14.8. The monoisotopic (exact) mass is 367 g/mol. The van der Waals surface area contributed by atoms with Crippen molar-refractivity contribution < 1.29 is 23.9 Å². The number of hydrogen-bond acceptors (Lipinski definition) is 5. The smallest absolute Gasteiger partial charge is 0.339 e. The maximum absolute atomic E-state index is 12.5. The number of amides is 5. The van der Waals surface area contributed by atoms with Crippen molar-refractivity contribution in [2.24, 2.45) is 0 Å². The lowest BCUT2D eigenvalue weighted by Gasteiger charge is -2.15. The van der Waals surface area contributed by atoms with Gasteiger partial charge < -0.3 is 10.1 Å². The van der Waals surface area contributed by atoms with Crippen molar-refractivity contribution in [2.45, 2.75) is 6.92 Å². The Kier molecular flexibility index (Phi) is 4.89. The van der Waals surface area contributed by atoms with Crippen LogP contribution in [0.15, 0.2) is 48.5 Å². The van der Waals surface area contributed by atoms with Crippen LogP contribution in [0.2, 0.25) is 0 Å². The van der Waals surface area contributed by atoms with Crippen molar-refractivity contribution in [3.05, 3.63) is 54.1 Å². The van der Waals surface area contributed by atoms with Gasteiger partial charge in [0.05, 0.1) is 12.8 Å². The van der Waals surface area contributed by atoms with Crippen LogP contribution >= 0.6 is 0 Å². The van der Waals surface area contributed by atoms with E-state index in [1.165, 1.54) is 19.2 Å². The molecular formula is C19H17N3O5. The van der Waals surface area contributed by atoms with Gasteiger partial charge in [0.15, 0.2) is 0 Å². The van der Waals surface area contributed by atoms with Crippen LogP contribution in [0.25, 0.3) is 0 Å². The second kappa shape index (κ2) is 7.28. The van der Waals surface area contributed by atoms with Gasteiger partial charge in [-0.05, 0) is 43.3 Å². The first kappa shape index (κ1) is 18.1. The van der Waals surface area contributed by atoms with Crippen molar-refractivity contribution in [1.82, 2.24) is 4.90 Å². The molecule has 1 heterocycles. The second-order valence-corrected chi connectivity index (χ2v) is 5.93. The quantitative estimate of drug-likeness (QED) is 0.644. The summed E-state index contributed by atoms with van der Waals surface area (Å²) in [6.45, 7) is 1.36. The van der Waals surface area contributed by atoms with Gasteiger partial charge in [-0.3, -0.25) is 14.4 Å². The van der Waals surface area contributed by atoms with Crippen molar-refractivity contribution in [2.75, 3.05) is 23.9 Å². The van der Waals surface area contributed by atoms with E-state index in [0.29, 0.717) is 16.3 Å². The van der Waals surface area contributed by atoms with Gasteiger partial charge in [0.25, 0.3) is 0 Å². The normalized spacial score (nSPS) is 13.9. The van der Waals surface area contributed by atoms with E-state index < -0.39 is 30.3 Å². The van der Waals surface area contributed by atoms with Gasteiger partial charge in [0.2, 0.25) is 5.91 Å². The van der Waals surface area contributed by atoms with E-state index in [1.807, 2.05) is 19.1 Å². The van der Waals surface area contributed by atoms with E-state index in [1.54, 1.807) is 24.3 Å². The molecule has 8 heteroatoms. The van der Waals surface area contributed by atoms with Crippen molar-refractivity contribution >= 4 is 35.1 Å². The molecule has 27 heavy (non-hydrogen) atoms. The highest BCUT2D eigenvalue weighted by atomic mass is 16.5. The maximum Gasteiger partial charge on any atom is 0.339 e. The lowest BCUT2D eigenvalue weighted by Crippen LogP contribution is -2.39. The van der Waals surface area contributed by atoms with Gasteiger partial charge in [-0.2, -0.15) is 0 Å².